The lowest BCUT2D eigenvalue weighted by molar-refractivity contribution is 0.413. The van der Waals surface area contributed by atoms with Crippen molar-refractivity contribution < 1.29 is 0 Å². The highest BCUT2D eigenvalue weighted by Gasteiger charge is 2.23. The summed E-state index contributed by atoms with van der Waals surface area (Å²) in [5.74, 6) is 0.956. The van der Waals surface area contributed by atoms with E-state index in [-0.39, 0.29) is 5.54 Å². The highest BCUT2D eigenvalue weighted by atomic mass is 32.1. The Labute approximate surface area is 161 Å². The molecule has 0 aliphatic carbocycles. The minimum Gasteiger partial charge on any atom is -0.319 e. The number of rotatable bonds is 1. The van der Waals surface area contributed by atoms with E-state index in [1.54, 1.807) is 11.3 Å². The van der Waals surface area contributed by atoms with E-state index in [9.17, 15) is 0 Å². The Balaban J connectivity index is 1.82. The van der Waals surface area contributed by atoms with Gasteiger partial charge in [-0.05, 0) is 58.0 Å². The van der Waals surface area contributed by atoms with Crippen molar-refractivity contribution in [3.05, 3.63) is 54.4 Å². The number of aryl methyl sites for hydroxylation is 1. The lowest BCUT2D eigenvalue weighted by atomic mass is 10.1. The number of hydrogen-bond acceptors (Lipinski definition) is 4. The van der Waals surface area contributed by atoms with Gasteiger partial charge in [0.1, 0.15) is 15.5 Å². The summed E-state index contributed by atoms with van der Waals surface area (Å²) in [5.41, 5.74) is 4.13. The number of para-hydroxylation sites is 2. The molecular formula is C22H20N4S. The first-order valence-electron chi connectivity index (χ1n) is 9.06. The van der Waals surface area contributed by atoms with Gasteiger partial charge in [0, 0.05) is 33.8 Å². The van der Waals surface area contributed by atoms with E-state index in [1.165, 1.54) is 0 Å². The molecule has 5 heteroatoms. The van der Waals surface area contributed by atoms with E-state index < -0.39 is 0 Å². The molecule has 0 atom stereocenters. The number of nitrogens with zero attached hydrogens (tertiary/aromatic N) is 4. The average molecular weight is 372 g/mol. The quantitative estimate of drug-likeness (QED) is 0.366. The molecule has 27 heavy (non-hydrogen) atoms. The summed E-state index contributed by atoms with van der Waals surface area (Å²) in [4.78, 5) is 16.4. The van der Waals surface area contributed by atoms with Crippen molar-refractivity contribution in [1.82, 2.24) is 19.5 Å². The molecule has 0 unspecified atom stereocenters. The minimum absolute atomic E-state index is 0.0875. The van der Waals surface area contributed by atoms with Crippen molar-refractivity contribution in [3.8, 4) is 11.4 Å². The molecule has 134 valence electrons. The van der Waals surface area contributed by atoms with E-state index >= 15 is 0 Å². The van der Waals surface area contributed by atoms with Gasteiger partial charge in [-0.3, -0.25) is 0 Å². The number of benzene rings is 1. The normalized spacial score (nSPS) is 12.4. The summed E-state index contributed by atoms with van der Waals surface area (Å²) >= 11 is 1.65. The second-order valence-electron chi connectivity index (χ2n) is 7.91. The lowest BCUT2D eigenvalue weighted by Crippen LogP contribution is -2.22. The van der Waals surface area contributed by atoms with Crippen LogP contribution in [0.3, 0.4) is 0 Å². The predicted octanol–water partition coefficient (Wildman–Crippen LogP) is 5.92. The largest absolute Gasteiger partial charge is 0.319 e. The maximum absolute atomic E-state index is 4.95. The first-order chi connectivity index (χ1) is 12.9. The highest BCUT2D eigenvalue weighted by molar-refractivity contribution is 7.25. The minimum atomic E-state index is -0.0875. The van der Waals surface area contributed by atoms with Gasteiger partial charge < -0.3 is 4.57 Å². The smallest absolute Gasteiger partial charge is 0.143 e. The molecule has 0 spiro atoms. The van der Waals surface area contributed by atoms with Crippen molar-refractivity contribution in [2.24, 2.45) is 0 Å². The Kier molecular flexibility index (Phi) is 3.40. The fourth-order valence-corrected chi connectivity index (χ4v) is 4.70. The Bertz CT molecular complexity index is 1320. The molecule has 0 aliphatic heterocycles. The van der Waals surface area contributed by atoms with E-state index in [0.717, 1.165) is 48.5 Å². The first-order valence-corrected chi connectivity index (χ1v) is 9.88. The molecule has 0 fully saturated rings. The second kappa shape index (κ2) is 5.60. The highest BCUT2D eigenvalue weighted by Crippen LogP contribution is 2.36. The van der Waals surface area contributed by atoms with Crippen LogP contribution in [-0.2, 0) is 5.54 Å². The summed E-state index contributed by atoms with van der Waals surface area (Å²) in [6.45, 7) is 8.66. The fraction of sp³-hybridized carbons (Fsp3) is 0.227. The van der Waals surface area contributed by atoms with Crippen molar-refractivity contribution in [1.29, 1.82) is 0 Å². The number of hydrogen-bond donors (Lipinski definition) is 0. The molecule has 5 aromatic rings. The Morgan fingerprint density at radius 2 is 1.74 bits per heavy atom. The van der Waals surface area contributed by atoms with Gasteiger partial charge in [0.15, 0.2) is 0 Å². The number of fused-ring (bicyclic) bond motifs is 4. The Morgan fingerprint density at radius 1 is 0.926 bits per heavy atom. The molecule has 0 radical (unpaired) electrons. The van der Waals surface area contributed by atoms with Gasteiger partial charge in [-0.15, -0.1) is 0 Å². The van der Waals surface area contributed by atoms with Crippen LogP contribution in [0.2, 0.25) is 0 Å². The van der Waals surface area contributed by atoms with Crippen molar-refractivity contribution >= 4 is 42.8 Å². The van der Waals surface area contributed by atoms with Crippen molar-refractivity contribution in [3.63, 3.8) is 0 Å². The predicted molar refractivity (Wildman–Crippen MR) is 113 cm³/mol. The van der Waals surface area contributed by atoms with Gasteiger partial charge in [0.25, 0.3) is 0 Å². The molecule has 0 N–H and O–H groups in total. The monoisotopic (exact) mass is 372 g/mol. The molecule has 1 aromatic carbocycles. The number of aromatic nitrogens is 4. The van der Waals surface area contributed by atoms with Gasteiger partial charge in [-0.25, -0.2) is 15.0 Å². The van der Waals surface area contributed by atoms with Gasteiger partial charge >= 0.3 is 0 Å². The van der Waals surface area contributed by atoms with E-state index in [2.05, 4.69) is 66.7 Å². The topological polar surface area (TPSA) is 43.6 Å². The van der Waals surface area contributed by atoms with Crippen LogP contribution in [-0.4, -0.2) is 19.5 Å². The van der Waals surface area contributed by atoms with Crippen LogP contribution >= 0.6 is 11.3 Å². The summed E-state index contributed by atoms with van der Waals surface area (Å²) in [5, 5.41) is 2.31. The van der Waals surface area contributed by atoms with E-state index in [1.807, 2.05) is 19.2 Å². The molecular weight excluding hydrogens is 352 g/mol. The lowest BCUT2D eigenvalue weighted by Gasteiger charge is -2.24. The van der Waals surface area contributed by atoms with E-state index in [0.29, 0.717) is 0 Å². The molecule has 4 aromatic heterocycles. The van der Waals surface area contributed by atoms with Gasteiger partial charge in [0.2, 0.25) is 0 Å². The van der Waals surface area contributed by atoms with Crippen LogP contribution in [0.1, 0.15) is 26.5 Å². The van der Waals surface area contributed by atoms with Crippen LogP contribution in [0, 0.1) is 6.92 Å². The molecule has 5 rings (SSSR count). The summed E-state index contributed by atoms with van der Waals surface area (Å²) in [6.07, 6.45) is 1.94. The molecule has 0 amide bonds. The fourth-order valence-electron chi connectivity index (χ4n) is 3.65. The standard InChI is InChI=1S/C22H20N4S/c1-13-9-10-15-16-11-14(12-23-20(16)27-21(15)24-13)19-25-17-7-5-6-8-18(17)26(19)22(2,3)4/h5-12H,1-4H3. The SMILES string of the molecule is Cc1ccc2c(n1)sc1ncc(-c3nc4ccccc4n3C(C)(C)C)cc12. The molecule has 0 bridgehead atoms. The third kappa shape index (κ3) is 2.53. The van der Waals surface area contributed by atoms with Crippen LogP contribution in [0.25, 0.3) is 42.9 Å². The third-order valence-corrected chi connectivity index (χ3v) is 5.85. The Morgan fingerprint density at radius 3 is 2.56 bits per heavy atom. The van der Waals surface area contributed by atoms with Crippen LogP contribution in [0.5, 0.6) is 0 Å². The maximum Gasteiger partial charge on any atom is 0.143 e. The molecule has 4 heterocycles. The molecule has 0 aliphatic rings. The number of pyridine rings is 2. The van der Waals surface area contributed by atoms with Crippen LogP contribution in [0.4, 0.5) is 0 Å². The zero-order valence-electron chi connectivity index (χ0n) is 15.8. The van der Waals surface area contributed by atoms with Gasteiger partial charge in [0.05, 0.1) is 11.0 Å². The van der Waals surface area contributed by atoms with Gasteiger partial charge in [-0.1, -0.05) is 23.5 Å². The first kappa shape index (κ1) is 16.4. The zero-order valence-corrected chi connectivity index (χ0v) is 16.6. The van der Waals surface area contributed by atoms with E-state index in [4.69, 9.17) is 9.97 Å². The van der Waals surface area contributed by atoms with Gasteiger partial charge in [-0.2, -0.15) is 0 Å². The summed E-state index contributed by atoms with van der Waals surface area (Å²) in [7, 11) is 0. The maximum atomic E-state index is 4.95. The van der Waals surface area contributed by atoms with Crippen LogP contribution in [0.15, 0.2) is 48.7 Å². The number of imidazole rings is 1. The number of thiophene rings is 1. The molecule has 0 saturated carbocycles. The average Bonchev–Trinajstić information content (AvgIpc) is 3.18. The Hall–Kier alpha value is -2.79. The van der Waals surface area contributed by atoms with Crippen molar-refractivity contribution in [2.75, 3.05) is 0 Å². The zero-order chi connectivity index (χ0) is 18.8. The summed E-state index contributed by atoms with van der Waals surface area (Å²) < 4.78 is 2.31. The summed E-state index contributed by atoms with van der Waals surface area (Å²) in [6, 6.07) is 14.7. The second-order valence-corrected chi connectivity index (χ2v) is 8.89. The molecule has 0 saturated heterocycles. The van der Waals surface area contributed by atoms with Crippen molar-refractivity contribution in [2.45, 2.75) is 33.2 Å². The van der Waals surface area contributed by atoms with Crippen LogP contribution < -0.4 is 0 Å². The molecule has 4 nitrogen and oxygen atoms in total. The third-order valence-electron chi connectivity index (χ3n) is 4.82.